The van der Waals surface area contributed by atoms with Crippen molar-refractivity contribution in [1.29, 1.82) is 0 Å². The van der Waals surface area contributed by atoms with Crippen molar-refractivity contribution in [3.8, 4) is 11.5 Å². The molecule has 0 spiro atoms. The molecule has 3 aliphatic heterocycles. The van der Waals surface area contributed by atoms with Crippen molar-refractivity contribution in [2.75, 3.05) is 26.7 Å². The highest BCUT2D eigenvalue weighted by atomic mass is 16.6. The summed E-state index contributed by atoms with van der Waals surface area (Å²) in [5.41, 5.74) is 0.774. The molecule has 2 amide bonds. The Morgan fingerprint density at radius 1 is 1.03 bits per heavy atom. The lowest BCUT2D eigenvalue weighted by Gasteiger charge is -2.44. The zero-order valence-electron chi connectivity index (χ0n) is 18.9. The third-order valence-electron chi connectivity index (χ3n) is 6.38. The maximum Gasteiger partial charge on any atom is 0.408 e. The molecular weight excluding hydrogens is 406 g/mol. The molecule has 1 atom stereocenters. The van der Waals surface area contributed by atoms with Gasteiger partial charge in [-0.3, -0.25) is 9.69 Å². The van der Waals surface area contributed by atoms with E-state index < -0.39 is 11.6 Å². The molecule has 0 saturated carbocycles. The summed E-state index contributed by atoms with van der Waals surface area (Å²) in [6, 6.07) is 14.6. The van der Waals surface area contributed by atoms with Crippen LogP contribution in [0.1, 0.15) is 42.6 Å². The predicted molar refractivity (Wildman–Crippen MR) is 122 cm³/mol. The van der Waals surface area contributed by atoms with Crippen LogP contribution in [-0.4, -0.2) is 49.7 Å². The Morgan fingerprint density at radius 2 is 1.72 bits per heavy atom. The summed E-state index contributed by atoms with van der Waals surface area (Å²) in [5, 5.41) is 5.62. The van der Waals surface area contributed by atoms with Gasteiger partial charge >= 0.3 is 6.09 Å². The minimum atomic E-state index is -0.644. The average molecular weight is 438 g/mol. The van der Waals surface area contributed by atoms with Gasteiger partial charge in [-0.2, -0.15) is 0 Å². The lowest BCUT2D eigenvalue weighted by atomic mass is 9.86. The Labute approximate surface area is 189 Å². The van der Waals surface area contributed by atoms with Gasteiger partial charge < -0.3 is 20.1 Å². The molecular formula is C25H31N3O4. The SMILES string of the molecule is CNC(=O)c1cccc(Oc2cccc(C(C)(C)NC(=O)OC3CN4CCC3CC4)c2)c1. The predicted octanol–water partition coefficient (Wildman–Crippen LogP) is 3.89. The van der Waals surface area contributed by atoms with Gasteiger partial charge in [0.1, 0.15) is 17.6 Å². The molecule has 3 aliphatic rings. The van der Waals surface area contributed by atoms with E-state index in [1.54, 1.807) is 31.3 Å². The van der Waals surface area contributed by atoms with Crippen LogP contribution in [0.15, 0.2) is 48.5 Å². The average Bonchev–Trinajstić information content (AvgIpc) is 2.79. The number of amides is 2. The highest BCUT2D eigenvalue weighted by Crippen LogP contribution is 2.31. The van der Waals surface area contributed by atoms with Crippen molar-refractivity contribution in [3.63, 3.8) is 0 Å². The van der Waals surface area contributed by atoms with Crippen LogP contribution < -0.4 is 15.4 Å². The number of piperidine rings is 3. The van der Waals surface area contributed by atoms with Crippen molar-refractivity contribution in [2.45, 2.75) is 38.3 Å². The van der Waals surface area contributed by atoms with Gasteiger partial charge in [0.05, 0.1) is 5.54 Å². The van der Waals surface area contributed by atoms with Gasteiger partial charge in [0, 0.05) is 19.2 Å². The molecule has 7 heteroatoms. The van der Waals surface area contributed by atoms with E-state index in [0.29, 0.717) is 23.0 Å². The van der Waals surface area contributed by atoms with Gasteiger partial charge in [0.25, 0.3) is 5.91 Å². The fourth-order valence-corrected chi connectivity index (χ4v) is 4.47. The smallest absolute Gasteiger partial charge is 0.408 e. The Kier molecular flexibility index (Phi) is 6.37. The van der Waals surface area contributed by atoms with E-state index in [2.05, 4.69) is 15.5 Å². The first-order valence-corrected chi connectivity index (χ1v) is 11.2. The summed E-state index contributed by atoms with van der Waals surface area (Å²) in [7, 11) is 1.59. The molecule has 2 N–H and O–H groups in total. The molecule has 0 aromatic heterocycles. The van der Waals surface area contributed by atoms with E-state index in [1.165, 1.54) is 0 Å². The van der Waals surface area contributed by atoms with E-state index in [1.807, 2.05) is 38.1 Å². The number of fused-ring (bicyclic) bond motifs is 3. The number of carbonyl (C=O) groups is 2. The van der Waals surface area contributed by atoms with E-state index in [-0.39, 0.29) is 12.0 Å². The molecule has 3 heterocycles. The largest absolute Gasteiger partial charge is 0.457 e. The van der Waals surface area contributed by atoms with Crippen molar-refractivity contribution >= 4 is 12.0 Å². The third-order valence-corrected chi connectivity index (χ3v) is 6.38. The zero-order valence-corrected chi connectivity index (χ0v) is 18.9. The molecule has 3 fully saturated rings. The van der Waals surface area contributed by atoms with Crippen LogP contribution in [0.25, 0.3) is 0 Å². The molecule has 0 radical (unpaired) electrons. The van der Waals surface area contributed by atoms with E-state index in [0.717, 1.165) is 38.0 Å². The van der Waals surface area contributed by atoms with E-state index in [9.17, 15) is 9.59 Å². The number of hydrogen-bond donors (Lipinski definition) is 2. The van der Waals surface area contributed by atoms with Crippen LogP contribution in [0.2, 0.25) is 0 Å². The number of benzene rings is 2. The quantitative estimate of drug-likeness (QED) is 0.717. The van der Waals surface area contributed by atoms with Crippen LogP contribution in [0, 0.1) is 5.92 Å². The first-order chi connectivity index (χ1) is 15.3. The van der Waals surface area contributed by atoms with E-state index in [4.69, 9.17) is 9.47 Å². The van der Waals surface area contributed by atoms with Crippen LogP contribution in [0.5, 0.6) is 11.5 Å². The molecule has 5 rings (SSSR count). The Bertz CT molecular complexity index is 983. The molecule has 3 saturated heterocycles. The summed E-state index contributed by atoms with van der Waals surface area (Å²) >= 11 is 0. The molecule has 32 heavy (non-hydrogen) atoms. The number of alkyl carbamates (subject to hydrolysis) is 1. The molecule has 2 bridgehead atoms. The Morgan fingerprint density at radius 3 is 2.38 bits per heavy atom. The van der Waals surface area contributed by atoms with Crippen molar-refractivity contribution in [1.82, 2.24) is 15.5 Å². The number of carbonyl (C=O) groups excluding carboxylic acids is 2. The van der Waals surface area contributed by atoms with Crippen LogP contribution in [-0.2, 0) is 10.3 Å². The lowest BCUT2D eigenvalue weighted by molar-refractivity contribution is -0.0349. The van der Waals surface area contributed by atoms with Gasteiger partial charge in [-0.25, -0.2) is 4.79 Å². The minimum absolute atomic E-state index is 0.0319. The molecule has 7 nitrogen and oxygen atoms in total. The second-order valence-electron chi connectivity index (χ2n) is 9.07. The van der Waals surface area contributed by atoms with Crippen molar-refractivity contribution in [2.24, 2.45) is 5.92 Å². The number of nitrogens with zero attached hydrogens (tertiary/aromatic N) is 1. The van der Waals surface area contributed by atoms with Crippen molar-refractivity contribution < 1.29 is 19.1 Å². The lowest BCUT2D eigenvalue weighted by Crippen LogP contribution is -2.53. The highest BCUT2D eigenvalue weighted by Gasteiger charge is 2.37. The number of ether oxygens (including phenoxy) is 2. The molecule has 1 unspecified atom stereocenters. The highest BCUT2D eigenvalue weighted by molar-refractivity contribution is 5.94. The molecule has 2 aromatic carbocycles. The minimum Gasteiger partial charge on any atom is -0.457 e. The second kappa shape index (κ2) is 9.20. The van der Waals surface area contributed by atoms with Gasteiger partial charge in [-0.05, 0) is 81.6 Å². The summed E-state index contributed by atoms with van der Waals surface area (Å²) in [4.78, 5) is 26.9. The van der Waals surface area contributed by atoms with Crippen molar-refractivity contribution in [3.05, 3.63) is 59.7 Å². The monoisotopic (exact) mass is 437 g/mol. The molecule has 0 aliphatic carbocycles. The molecule has 170 valence electrons. The first-order valence-electron chi connectivity index (χ1n) is 11.2. The van der Waals surface area contributed by atoms with Crippen LogP contribution >= 0.6 is 0 Å². The summed E-state index contributed by atoms with van der Waals surface area (Å²) in [6.07, 6.45) is 1.78. The standard InChI is InChI=1S/C25H31N3O4/c1-25(2,27-24(30)32-22-16-28-12-10-17(22)11-13-28)19-7-5-9-21(15-19)31-20-8-4-6-18(14-20)23(29)26-3/h4-9,14-15,17,22H,10-13,16H2,1-3H3,(H,26,29)(H,27,30). The van der Waals surface area contributed by atoms with Gasteiger partial charge in [-0.15, -0.1) is 0 Å². The Hall–Kier alpha value is -3.06. The number of rotatable bonds is 6. The zero-order chi connectivity index (χ0) is 22.7. The topological polar surface area (TPSA) is 79.9 Å². The normalized spacial score (nSPS) is 22.2. The molecule has 2 aromatic rings. The number of hydrogen-bond acceptors (Lipinski definition) is 5. The van der Waals surface area contributed by atoms with Gasteiger partial charge in [0.2, 0.25) is 0 Å². The van der Waals surface area contributed by atoms with Crippen LogP contribution in [0.4, 0.5) is 4.79 Å². The van der Waals surface area contributed by atoms with E-state index >= 15 is 0 Å². The summed E-state index contributed by atoms with van der Waals surface area (Å²) < 4.78 is 11.8. The fourth-order valence-electron chi connectivity index (χ4n) is 4.47. The second-order valence-corrected chi connectivity index (χ2v) is 9.07. The van der Waals surface area contributed by atoms with Crippen LogP contribution in [0.3, 0.4) is 0 Å². The first kappa shape index (κ1) is 22.1. The fraction of sp³-hybridized carbons (Fsp3) is 0.440. The maximum atomic E-state index is 12.7. The Balaban J connectivity index is 1.41. The van der Waals surface area contributed by atoms with Gasteiger partial charge in [0.15, 0.2) is 0 Å². The summed E-state index contributed by atoms with van der Waals surface area (Å²) in [5.74, 6) is 1.49. The maximum absolute atomic E-state index is 12.7. The number of nitrogens with one attached hydrogen (secondary N) is 2. The van der Waals surface area contributed by atoms with Gasteiger partial charge in [-0.1, -0.05) is 18.2 Å². The summed E-state index contributed by atoms with van der Waals surface area (Å²) in [6.45, 7) is 6.93. The third kappa shape index (κ3) is 5.05.